The van der Waals surface area contributed by atoms with E-state index in [4.69, 9.17) is 4.42 Å². The van der Waals surface area contributed by atoms with E-state index in [-0.39, 0.29) is 0 Å². The fourth-order valence-corrected chi connectivity index (χ4v) is 1.16. The lowest BCUT2D eigenvalue weighted by molar-refractivity contribution is 0.464. The van der Waals surface area contributed by atoms with Gasteiger partial charge in [-0.05, 0) is 15.9 Å². The average Bonchev–Trinajstić information content (AvgIpc) is 2.63. The van der Waals surface area contributed by atoms with Gasteiger partial charge in [-0.25, -0.2) is 0 Å². The van der Waals surface area contributed by atoms with Gasteiger partial charge in [-0.2, -0.15) is 5.10 Å². The Labute approximate surface area is 76.5 Å². The van der Waals surface area contributed by atoms with Crippen molar-refractivity contribution in [3.63, 3.8) is 0 Å². The van der Waals surface area contributed by atoms with Crippen LogP contribution in [-0.4, -0.2) is 20.0 Å². The molecule has 0 spiro atoms. The largest absolute Gasteiger partial charge is 0.426 e. The van der Waals surface area contributed by atoms with Gasteiger partial charge in [0.25, 0.3) is 0 Å². The maximum absolute atomic E-state index is 4.95. The smallest absolute Gasteiger partial charge is 0.237 e. The molecule has 2 rings (SSSR count). The van der Waals surface area contributed by atoms with Gasteiger partial charge < -0.3 is 4.42 Å². The summed E-state index contributed by atoms with van der Waals surface area (Å²) in [5.41, 5.74) is 0. The highest BCUT2D eigenvalue weighted by atomic mass is 79.9. The molecule has 2 aromatic rings. The molecular weight excluding hydrogens is 224 g/mol. The Hall–Kier alpha value is -1.17. The molecule has 0 N–H and O–H groups in total. The molecule has 0 saturated heterocycles. The zero-order valence-corrected chi connectivity index (χ0v) is 7.60. The first kappa shape index (κ1) is 7.48. The minimum atomic E-state index is 0.506. The molecule has 62 valence electrons. The summed E-state index contributed by atoms with van der Waals surface area (Å²) < 4.78 is 7.59. The van der Waals surface area contributed by atoms with Crippen molar-refractivity contribution in [1.82, 2.24) is 20.0 Å². The molecule has 0 aromatic carbocycles. The quantitative estimate of drug-likeness (QED) is 0.772. The zero-order valence-electron chi connectivity index (χ0n) is 6.01. The SMILES string of the molecule is Brc1cnn(Cc2nnco2)c1. The number of hydrogen-bond acceptors (Lipinski definition) is 4. The van der Waals surface area contributed by atoms with E-state index in [1.165, 1.54) is 6.39 Å². The van der Waals surface area contributed by atoms with Crippen LogP contribution in [0, 0.1) is 0 Å². The molecule has 0 atom stereocenters. The van der Waals surface area contributed by atoms with Crippen molar-refractivity contribution >= 4 is 15.9 Å². The molecule has 2 aromatic heterocycles. The molecule has 0 saturated carbocycles. The lowest BCUT2D eigenvalue weighted by Crippen LogP contribution is -1.99. The maximum atomic E-state index is 4.95. The summed E-state index contributed by atoms with van der Waals surface area (Å²) in [7, 11) is 0. The van der Waals surface area contributed by atoms with Crippen LogP contribution in [-0.2, 0) is 6.54 Å². The minimum Gasteiger partial charge on any atom is -0.426 e. The van der Waals surface area contributed by atoms with Crippen molar-refractivity contribution in [3.05, 3.63) is 29.2 Å². The predicted molar refractivity (Wildman–Crippen MR) is 43.3 cm³/mol. The number of hydrogen-bond donors (Lipinski definition) is 0. The van der Waals surface area contributed by atoms with Gasteiger partial charge in [-0.15, -0.1) is 10.2 Å². The van der Waals surface area contributed by atoms with Gasteiger partial charge >= 0.3 is 0 Å². The van der Waals surface area contributed by atoms with Gasteiger partial charge in [0.1, 0.15) is 6.54 Å². The molecule has 0 bridgehead atoms. The fraction of sp³-hybridized carbons (Fsp3) is 0.167. The second kappa shape index (κ2) is 3.06. The Balaban J connectivity index is 2.14. The van der Waals surface area contributed by atoms with Crippen LogP contribution in [0.2, 0.25) is 0 Å². The van der Waals surface area contributed by atoms with Crippen LogP contribution in [0.25, 0.3) is 0 Å². The van der Waals surface area contributed by atoms with Gasteiger partial charge in [0, 0.05) is 6.20 Å². The molecule has 6 heteroatoms. The van der Waals surface area contributed by atoms with Crippen LogP contribution in [0.15, 0.2) is 27.7 Å². The van der Waals surface area contributed by atoms with Gasteiger partial charge in [0.15, 0.2) is 0 Å². The Morgan fingerprint density at radius 2 is 2.50 bits per heavy atom. The molecular formula is C6H5BrN4O. The van der Waals surface area contributed by atoms with Crippen LogP contribution in [0.4, 0.5) is 0 Å². The first-order valence-corrected chi connectivity index (χ1v) is 4.07. The molecule has 0 radical (unpaired) electrons. The van der Waals surface area contributed by atoms with E-state index < -0.39 is 0 Å². The molecule has 0 aliphatic carbocycles. The summed E-state index contributed by atoms with van der Waals surface area (Å²) in [5.74, 6) is 0.547. The maximum Gasteiger partial charge on any atom is 0.237 e. The third-order valence-electron chi connectivity index (χ3n) is 1.30. The topological polar surface area (TPSA) is 56.7 Å². The Morgan fingerprint density at radius 1 is 1.58 bits per heavy atom. The summed E-state index contributed by atoms with van der Waals surface area (Å²) in [6, 6.07) is 0. The summed E-state index contributed by atoms with van der Waals surface area (Å²) >= 11 is 3.29. The van der Waals surface area contributed by atoms with Crippen molar-refractivity contribution in [2.24, 2.45) is 0 Å². The number of rotatable bonds is 2. The molecule has 0 amide bonds. The summed E-state index contributed by atoms with van der Waals surface area (Å²) in [6.07, 6.45) is 4.84. The van der Waals surface area contributed by atoms with Crippen LogP contribution >= 0.6 is 15.9 Å². The third kappa shape index (κ3) is 1.53. The monoisotopic (exact) mass is 228 g/mol. The van der Waals surface area contributed by atoms with Crippen LogP contribution < -0.4 is 0 Å². The van der Waals surface area contributed by atoms with Crippen LogP contribution in [0.1, 0.15) is 5.89 Å². The molecule has 0 aliphatic heterocycles. The van der Waals surface area contributed by atoms with Gasteiger partial charge in [0.05, 0.1) is 10.7 Å². The van der Waals surface area contributed by atoms with E-state index >= 15 is 0 Å². The predicted octanol–water partition coefficient (Wildman–Crippen LogP) is 1.08. The number of aromatic nitrogens is 4. The standard InChI is InChI=1S/C6H5BrN4O/c7-5-1-9-11(2-5)3-6-10-8-4-12-6/h1-2,4H,3H2. The molecule has 0 aliphatic rings. The van der Waals surface area contributed by atoms with E-state index in [1.807, 2.05) is 6.20 Å². The summed E-state index contributed by atoms with van der Waals surface area (Å²) in [4.78, 5) is 0. The van der Waals surface area contributed by atoms with E-state index in [0.717, 1.165) is 4.47 Å². The highest BCUT2D eigenvalue weighted by Crippen LogP contribution is 2.07. The first-order valence-electron chi connectivity index (χ1n) is 3.27. The molecule has 0 fully saturated rings. The molecule has 0 unspecified atom stereocenters. The van der Waals surface area contributed by atoms with Gasteiger partial charge in [0.2, 0.25) is 12.3 Å². The van der Waals surface area contributed by atoms with Gasteiger partial charge in [-0.1, -0.05) is 0 Å². The van der Waals surface area contributed by atoms with E-state index in [0.29, 0.717) is 12.4 Å². The first-order chi connectivity index (χ1) is 5.84. The lowest BCUT2D eigenvalue weighted by atomic mass is 10.6. The average molecular weight is 229 g/mol. The lowest BCUT2D eigenvalue weighted by Gasteiger charge is -1.92. The van der Waals surface area contributed by atoms with E-state index in [1.54, 1.807) is 10.9 Å². The number of nitrogens with zero attached hydrogens (tertiary/aromatic N) is 4. The van der Waals surface area contributed by atoms with Crippen molar-refractivity contribution < 1.29 is 4.42 Å². The normalized spacial score (nSPS) is 10.4. The second-order valence-corrected chi connectivity index (χ2v) is 3.10. The second-order valence-electron chi connectivity index (χ2n) is 2.19. The zero-order chi connectivity index (χ0) is 8.39. The van der Waals surface area contributed by atoms with E-state index in [2.05, 4.69) is 31.2 Å². The third-order valence-corrected chi connectivity index (χ3v) is 1.71. The van der Waals surface area contributed by atoms with Gasteiger partial charge in [-0.3, -0.25) is 4.68 Å². The Kier molecular flexibility index (Phi) is 1.91. The highest BCUT2D eigenvalue weighted by Gasteiger charge is 2.00. The molecule has 5 nitrogen and oxygen atoms in total. The van der Waals surface area contributed by atoms with Crippen LogP contribution in [0.3, 0.4) is 0 Å². The Morgan fingerprint density at radius 3 is 3.08 bits per heavy atom. The van der Waals surface area contributed by atoms with Crippen molar-refractivity contribution in [2.75, 3.05) is 0 Å². The highest BCUT2D eigenvalue weighted by molar-refractivity contribution is 9.10. The Bertz CT molecular complexity index is 355. The summed E-state index contributed by atoms with van der Waals surface area (Å²) in [5, 5.41) is 11.3. The van der Waals surface area contributed by atoms with Crippen molar-refractivity contribution in [3.8, 4) is 0 Å². The fourth-order valence-electron chi connectivity index (χ4n) is 0.828. The van der Waals surface area contributed by atoms with E-state index in [9.17, 15) is 0 Å². The minimum absolute atomic E-state index is 0.506. The number of halogens is 1. The van der Waals surface area contributed by atoms with Crippen LogP contribution in [0.5, 0.6) is 0 Å². The van der Waals surface area contributed by atoms with Crippen molar-refractivity contribution in [2.45, 2.75) is 6.54 Å². The molecule has 2 heterocycles. The molecule has 12 heavy (non-hydrogen) atoms. The van der Waals surface area contributed by atoms with Crippen molar-refractivity contribution in [1.29, 1.82) is 0 Å². The summed E-state index contributed by atoms with van der Waals surface area (Å²) in [6.45, 7) is 0.506.